The van der Waals surface area contributed by atoms with Crippen LogP contribution in [0, 0.1) is 0 Å². The third-order valence-electron chi connectivity index (χ3n) is 6.07. The molecule has 1 aliphatic rings. The summed E-state index contributed by atoms with van der Waals surface area (Å²) in [5.74, 6) is 1.07. The Morgan fingerprint density at radius 1 is 1.00 bits per heavy atom. The molecule has 4 aromatic rings. The maximum atomic E-state index is 6.00. The molecule has 10 heteroatoms. The van der Waals surface area contributed by atoms with Crippen LogP contribution >= 0.6 is 0 Å². The van der Waals surface area contributed by atoms with Crippen molar-refractivity contribution in [3.63, 3.8) is 0 Å². The van der Waals surface area contributed by atoms with Crippen LogP contribution in [0.1, 0.15) is 37.3 Å². The summed E-state index contributed by atoms with van der Waals surface area (Å²) in [7, 11) is 0. The van der Waals surface area contributed by atoms with E-state index in [1.54, 1.807) is 12.4 Å². The lowest BCUT2D eigenvalue weighted by molar-refractivity contribution is 0.410. The van der Waals surface area contributed by atoms with Crippen molar-refractivity contribution in [1.82, 2.24) is 30.1 Å². The lowest BCUT2D eigenvalue weighted by Crippen LogP contribution is -2.33. The number of H-pyrrole nitrogens is 1. The number of hydrogen-bond donors (Lipinski definition) is 5. The van der Waals surface area contributed by atoms with Gasteiger partial charge in [-0.1, -0.05) is 30.3 Å². The molecular formula is C23H28N10. The van der Waals surface area contributed by atoms with E-state index in [1.165, 1.54) is 0 Å². The number of hydrogen-bond acceptors (Lipinski definition) is 9. The van der Waals surface area contributed by atoms with Crippen LogP contribution in [-0.2, 0) is 0 Å². The molecule has 170 valence electrons. The Hall–Kier alpha value is -3.63. The van der Waals surface area contributed by atoms with Gasteiger partial charge in [0, 0.05) is 31.0 Å². The number of fused-ring (bicyclic) bond motifs is 1. The maximum absolute atomic E-state index is 6.00. The SMILES string of the molecule is NCC(Nc1nccc(-c2[nH]nc3nc(NC4CCC(N)CC4)ncc23)n1)c1ccccc1. The second-order valence-corrected chi connectivity index (χ2v) is 8.39. The molecule has 0 aliphatic heterocycles. The van der Waals surface area contributed by atoms with Crippen LogP contribution in [0.15, 0.2) is 48.8 Å². The first kappa shape index (κ1) is 21.2. The Labute approximate surface area is 191 Å². The van der Waals surface area contributed by atoms with Gasteiger partial charge in [0.2, 0.25) is 11.9 Å². The van der Waals surface area contributed by atoms with E-state index in [4.69, 9.17) is 11.5 Å². The second-order valence-electron chi connectivity index (χ2n) is 8.39. The molecule has 0 radical (unpaired) electrons. The van der Waals surface area contributed by atoms with Gasteiger partial charge in [-0.25, -0.2) is 15.0 Å². The van der Waals surface area contributed by atoms with Crippen LogP contribution in [0.5, 0.6) is 0 Å². The molecule has 1 unspecified atom stereocenters. The van der Waals surface area contributed by atoms with Crippen molar-refractivity contribution in [2.45, 2.75) is 43.8 Å². The number of anilines is 2. The normalized spacial score (nSPS) is 19.3. The molecule has 0 spiro atoms. The van der Waals surface area contributed by atoms with Crippen LogP contribution in [0.2, 0.25) is 0 Å². The predicted molar refractivity (Wildman–Crippen MR) is 128 cm³/mol. The van der Waals surface area contributed by atoms with Crippen molar-refractivity contribution >= 4 is 22.9 Å². The van der Waals surface area contributed by atoms with E-state index in [0.717, 1.165) is 42.3 Å². The topological polar surface area (TPSA) is 156 Å². The summed E-state index contributed by atoms with van der Waals surface area (Å²) < 4.78 is 0. The van der Waals surface area contributed by atoms with E-state index in [1.807, 2.05) is 36.4 Å². The Morgan fingerprint density at radius 3 is 2.61 bits per heavy atom. The fourth-order valence-electron chi connectivity index (χ4n) is 4.20. The molecular weight excluding hydrogens is 416 g/mol. The summed E-state index contributed by atoms with van der Waals surface area (Å²) in [6.07, 6.45) is 7.58. The van der Waals surface area contributed by atoms with Gasteiger partial charge >= 0.3 is 0 Å². The molecule has 3 aromatic heterocycles. The fourth-order valence-corrected chi connectivity index (χ4v) is 4.20. The molecule has 7 N–H and O–H groups in total. The summed E-state index contributed by atoms with van der Waals surface area (Å²) in [4.78, 5) is 18.1. The van der Waals surface area contributed by atoms with Crippen molar-refractivity contribution in [3.05, 3.63) is 54.4 Å². The molecule has 1 aromatic carbocycles. The summed E-state index contributed by atoms with van der Waals surface area (Å²) in [5, 5.41) is 15.0. The third-order valence-corrected chi connectivity index (χ3v) is 6.07. The van der Waals surface area contributed by atoms with Crippen LogP contribution in [-0.4, -0.2) is 48.8 Å². The summed E-state index contributed by atoms with van der Waals surface area (Å²) in [5.41, 5.74) is 15.1. The largest absolute Gasteiger partial charge is 0.351 e. The van der Waals surface area contributed by atoms with Crippen molar-refractivity contribution in [1.29, 1.82) is 0 Å². The summed E-state index contributed by atoms with van der Waals surface area (Å²) >= 11 is 0. The van der Waals surface area contributed by atoms with Crippen molar-refractivity contribution in [2.75, 3.05) is 17.2 Å². The van der Waals surface area contributed by atoms with Crippen LogP contribution in [0.25, 0.3) is 22.4 Å². The van der Waals surface area contributed by atoms with E-state index >= 15 is 0 Å². The zero-order chi connectivity index (χ0) is 22.6. The second kappa shape index (κ2) is 9.47. The van der Waals surface area contributed by atoms with Gasteiger partial charge in [-0.05, 0) is 37.3 Å². The van der Waals surface area contributed by atoms with Gasteiger partial charge in [0.25, 0.3) is 0 Å². The molecule has 1 atom stereocenters. The van der Waals surface area contributed by atoms with Crippen molar-refractivity contribution in [3.8, 4) is 11.4 Å². The minimum absolute atomic E-state index is 0.0914. The Balaban J connectivity index is 1.35. The van der Waals surface area contributed by atoms with E-state index in [2.05, 4.69) is 40.8 Å². The third kappa shape index (κ3) is 4.76. The molecule has 0 bridgehead atoms. The Kier molecular flexibility index (Phi) is 6.09. The molecule has 33 heavy (non-hydrogen) atoms. The van der Waals surface area contributed by atoms with Gasteiger partial charge in [0.1, 0.15) is 0 Å². The number of benzene rings is 1. The number of nitrogens with zero attached hydrogens (tertiary/aromatic N) is 5. The first-order valence-electron chi connectivity index (χ1n) is 11.3. The lowest BCUT2D eigenvalue weighted by Gasteiger charge is -2.26. The monoisotopic (exact) mass is 444 g/mol. The number of nitrogens with two attached hydrogens (primary N) is 2. The minimum Gasteiger partial charge on any atom is -0.351 e. The molecule has 3 heterocycles. The molecule has 1 fully saturated rings. The molecule has 0 amide bonds. The highest BCUT2D eigenvalue weighted by molar-refractivity contribution is 5.89. The van der Waals surface area contributed by atoms with E-state index in [9.17, 15) is 0 Å². The van der Waals surface area contributed by atoms with Gasteiger partial charge in [0.05, 0.1) is 22.8 Å². The molecule has 5 rings (SSSR count). The highest BCUT2D eigenvalue weighted by Crippen LogP contribution is 2.26. The average Bonchev–Trinajstić information content (AvgIpc) is 3.28. The van der Waals surface area contributed by atoms with Crippen LogP contribution in [0.3, 0.4) is 0 Å². The van der Waals surface area contributed by atoms with Crippen molar-refractivity contribution in [2.24, 2.45) is 11.5 Å². The number of nitrogens with one attached hydrogen (secondary N) is 3. The molecule has 10 nitrogen and oxygen atoms in total. The number of aromatic amines is 1. The number of aromatic nitrogens is 6. The van der Waals surface area contributed by atoms with Gasteiger partial charge in [-0.15, -0.1) is 0 Å². The minimum atomic E-state index is -0.0914. The van der Waals surface area contributed by atoms with Gasteiger partial charge < -0.3 is 22.1 Å². The Bertz CT molecular complexity index is 1200. The molecule has 1 aliphatic carbocycles. The lowest BCUT2D eigenvalue weighted by atomic mass is 9.92. The summed E-state index contributed by atoms with van der Waals surface area (Å²) in [6.45, 7) is 0.418. The highest BCUT2D eigenvalue weighted by Gasteiger charge is 2.20. The van der Waals surface area contributed by atoms with E-state index < -0.39 is 0 Å². The average molecular weight is 445 g/mol. The molecule has 0 saturated heterocycles. The van der Waals surface area contributed by atoms with Gasteiger partial charge in [-0.2, -0.15) is 10.1 Å². The standard InChI is InChI=1S/C23H28N10/c24-12-19(14-4-2-1-3-5-14)30-22-26-11-10-18(29-22)20-17-13-27-23(31-21(17)33-32-20)28-16-8-6-15(25)7-9-16/h1-5,10-11,13,15-16,19H,6-9,12,24-25H2,(H,26,29,30)(H2,27,28,31,32,33). The molecule has 1 saturated carbocycles. The predicted octanol–water partition coefficient (Wildman–Crippen LogP) is 2.60. The maximum Gasteiger partial charge on any atom is 0.224 e. The number of rotatable bonds is 7. The van der Waals surface area contributed by atoms with Crippen LogP contribution < -0.4 is 22.1 Å². The Morgan fingerprint density at radius 2 is 1.82 bits per heavy atom. The van der Waals surface area contributed by atoms with Gasteiger partial charge in [0.15, 0.2) is 5.65 Å². The van der Waals surface area contributed by atoms with Gasteiger partial charge in [-0.3, -0.25) is 5.10 Å². The first-order valence-corrected chi connectivity index (χ1v) is 11.3. The van der Waals surface area contributed by atoms with Crippen molar-refractivity contribution < 1.29 is 0 Å². The zero-order valence-electron chi connectivity index (χ0n) is 18.3. The smallest absolute Gasteiger partial charge is 0.224 e. The zero-order valence-corrected chi connectivity index (χ0v) is 18.3. The van der Waals surface area contributed by atoms with Crippen LogP contribution in [0.4, 0.5) is 11.9 Å². The first-order chi connectivity index (χ1) is 16.2. The van der Waals surface area contributed by atoms with E-state index in [-0.39, 0.29) is 6.04 Å². The quantitative estimate of drug-likeness (QED) is 0.289. The highest BCUT2D eigenvalue weighted by atomic mass is 15.2. The fraction of sp³-hybridized carbons (Fsp3) is 0.348. The van der Waals surface area contributed by atoms with E-state index in [0.29, 0.717) is 41.9 Å². The summed E-state index contributed by atoms with van der Waals surface area (Å²) in [6, 6.07) is 12.4.